The average molecular weight is 423 g/mol. The molecule has 122 valence electrons. The van der Waals surface area contributed by atoms with Crippen LogP contribution < -0.4 is 0 Å². The van der Waals surface area contributed by atoms with Crippen LogP contribution in [0.3, 0.4) is 0 Å². The van der Waals surface area contributed by atoms with Gasteiger partial charge in [0, 0.05) is 19.6 Å². The maximum absolute atomic E-state index is 6.61. The second kappa shape index (κ2) is 6.53. The van der Waals surface area contributed by atoms with E-state index in [4.69, 9.17) is 9.72 Å². The molecule has 0 radical (unpaired) electrons. The first-order chi connectivity index (χ1) is 11.2. The molecule has 5 heteroatoms. The topological polar surface area (TPSA) is 30.3 Å². The van der Waals surface area contributed by atoms with Crippen molar-refractivity contribution in [2.24, 2.45) is 0 Å². The molecule has 4 nitrogen and oxygen atoms in total. The average Bonchev–Trinajstić information content (AvgIpc) is 2.85. The number of benzene rings is 1. The van der Waals surface area contributed by atoms with Crippen molar-refractivity contribution in [1.29, 1.82) is 0 Å². The Labute approximate surface area is 151 Å². The summed E-state index contributed by atoms with van der Waals surface area (Å²) in [6.45, 7) is 3.22. The predicted octanol–water partition coefficient (Wildman–Crippen LogP) is 3.24. The van der Waals surface area contributed by atoms with E-state index in [0.29, 0.717) is 6.10 Å². The van der Waals surface area contributed by atoms with Crippen molar-refractivity contribution < 1.29 is 4.74 Å². The van der Waals surface area contributed by atoms with Crippen LogP contribution in [-0.2, 0) is 17.7 Å². The van der Waals surface area contributed by atoms with Crippen molar-refractivity contribution in [3.63, 3.8) is 0 Å². The van der Waals surface area contributed by atoms with Gasteiger partial charge in [0.1, 0.15) is 11.9 Å². The van der Waals surface area contributed by atoms with Gasteiger partial charge in [0.25, 0.3) is 0 Å². The summed E-state index contributed by atoms with van der Waals surface area (Å²) in [5.74, 6) is 1.07. The number of ether oxygens (including phenoxy) is 1. The van der Waals surface area contributed by atoms with Crippen molar-refractivity contribution >= 4 is 22.6 Å². The maximum Gasteiger partial charge on any atom is 0.143 e. The number of likely N-dealkylation sites (tertiary alicyclic amines) is 1. The number of fused-ring (bicyclic) bond motifs is 2. The maximum atomic E-state index is 6.61. The number of hydrogen-bond donors (Lipinski definition) is 0. The molecule has 2 aromatic rings. The summed E-state index contributed by atoms with van der Waals surface area (Å²) in [4.78, 5) is 7.08. The summed E-state index contributed by atoms with van der Waals surface area (Å²) in [5, 5.41) is 0. The first kappa shape index (κ1) is 15.6. The van der Waals surface area contributed by atoms with Gasteiger partial charge in [-0.1, -0.05) is 24.3 Å². The van der Waals surface area contributed by atoms with E-state index >= 15 is 0 Å². The van der Waals surface area contributed by atoms with Gasteiger partial charge in [-0.15, -0.1) is 0 Å². The lowest BCUT2D eigenvalue weighted by Crippen LogP contribution is -2.35. The quantitative estimate of drug-likeness (QED) is 0.695. The summed E-state index contributed by atoms with van der Waals surface area (Å²) >= 11 is 2.38. The van der Waals surface area contributed by atoms with Crippen LogP contribution in [0, 0.1) is 3.70 Å². The van der Waals surface area contributed by atoms with Gasteiger partial charge in [0.2, 0.25) is 0 Å². The Hall–Kier alpha value is -0.920. The first-order valence-corrected chi connectivity index (χ1v) is 9.43. The number of hydrogen-bond acceptors (Lipinski definition) is 3. The largest absolute Gasteiger partial charge is 0.362 e. The van der Waals surface area contributed by atoms with Crippen molar-refractivity contribution in [1.82, 2.24) is 14.5 Å². The fourth-order valence-electron chi connectivity index (χ4n) is 3.64. The molecule has 2 aliphatic rings. The monoisotopic (exact) mass is 423 g/mol. The smallest absolute Gasteiger partial charge is 0.143 e. The molecule has 1 aromatic heterocycles. The van der Waals surface area contributed by atoms with Crippen LogP contribution in [0.15, 0.2) is 30.5 Å². The number of rotatable bonds is 2. The number of aryl methyl sites for hydroxylation is 1. The van der Waals surface area contributed by atoms with Crippen LogP contribution in [0.4, 0.5) is 0 Å². The Bertz CT molecular complexity index is 691. The molecule has 0 saturated carbocycles. The highest BCUT2D eigenvalue weighted by Gasteiger charge is 2.30. The Morgan fingerprint density at radius 2 is 1.96 bits per heavy atom. The molecule has 0 spiro atoms. The van der Waals surface area contributed by atoms with E-state index in [-0.39, 0.29) is 6.10 Å². The molecule has 0 bridgehead atoms. The van der Waals surface area contributed by atoms with Gasteiger partial charge in [-0.25, -0.2) is 4.98 Å². The zero-order valence-electron chi connectivity index (χ0n) is 13.4. The lowest BCUT2D eigenvalue weighted by atomic mass is 10.00. The van der Waals surface area contributed by atoms with Gasteiger partial charge in [-0.05, 0) is 60.0 Å². The van der Waals surface area contributed by atoms with E-state index in [1.165, 1.54) is 14.8 Å². The minimum atomic E-state index is -0.0365. The SMILES string of the molecule is CN1CCC(OC2c3ccccc3CCn3c(I)cnc32)CC1. The number of halogens is 1. The van der Waals surface area contributed by atoms with Crippen molar-refractivity contribution in [2.45, 2.75) is 38.0 Å². The van der Waals surface area contributed by atoms with Gasteiger partial charge in [-0.2, -0.15) is 0 Å². The first-order valence-electron chi connectivity index (χ1n) is 8.35. The fourth-order valence-corrected chi connectivity index (χ4v) is 4.26. The molecule has 1 atom stereocenters. The van der Waals surface area contributed by atoms with Crippen LogP contribution in [0.1, 0.15) is 35.9 Å². The third kappa shape index (κ3) is 3.06. The number of nitrogens with zero attached hydrogens (tertiary/aromatic N) is 3. The highest BCUT2D eigenvalue weighted by Crippen LogP contribution is 2.34. The zero-order valence-corrected chi connectivity index (χ0v) is 15.6. The van der Waals surface area contributed by atoms with Crippen LogP contribution in [0.25, 0.3) is 0 Å². The Morgan fingerprint density at radius 3 is 2.78 bits per heavy atom. The minimum Gasteiger partial charge on any atom is -0.362 e. The lowest BCUT2D eigenvalue weighted by Gasteiger charge is -2.32. The Kier molecular flexibility index (Phi) is 4.43. The van der Waals surface area contributed by atoms with Gasteiger partial charge >= 0.3 is 0 Å². The predicted molar refractivity (Wildman–Crippen MR) is 98.5 cm³/mol. The van der Waals surface area contributed by atoms with Crippen LogP contribution in [-0.4, -0.2) is 40.7 Å². The second-order valence-electron chi connectivity index (χ2n) is 6.56. The highest BCUT2D eigenvalue weighted by molar-refractivity contribution is 14.1. The molecular weight excluding hydrogens is 401 g/mol. The normalized spacial score (nSPS) is 22.4. The molecule has 3 heterocycles. The summed E-state index contributed by atoms with van der Waals surface area (Å²) < 4.78 is 10.1. The number of piperidine rings is 1. The molecule has 0 amide bonds. The van der Waals surface area contributed by atoms with Gasteiger partial charge in [-0.3, -0.25) is 0 Å². The molecular formula is C18H22IN3O. The van der Waals surface area contributed by atoms with Crippen LogP contribution in [0.2, 0.25) is 0 Å². The molecule has 1 saturated heterocycles. The van der Waals surface area contributed by atoms with E-state index in [2.05, 4.69) is 63.4 Å². The van der Waals surface area contributed by atoms with E-state index in [9.17, 15) is 0 Å². The van der Waals surface area contributed by atoms with Gasteiger partial charge in [0.05, 0.1) is 16.0 Å². The molecule has 1 unspecified atom stereocenters. The van der Waals surface area contributed by atoms with Crippen LogP contribution >= 0.6 is 22.6 Å². The van der Waals surface area contributed by atoms with E-state index in [1.807, 2.05) is 6.20 Å². The summed E-state index contributed by atoms with van der Waals surface area (Å²) in [6, 6.07) is 8.70. The van der Waals surface area contributed by atoms with E-state index in [1.54, 1.807) is 0 Å². The molecule has 0 aliphatic carbocycles. The lowest BCUT2D eigenvalue weighted by molar-refractivity contribution is -0.0276. The Morgan fingerprint density at radius 1 is 1.17 bits per heavy atom. The van der Waals surface area contributed by atoms with Crippen molar-refractivity contribution in [3.05, 3.63) is 51.1 Å². The van der Waals surface area contributed by atoms with E-state index < -0.39 is 0 Å². The number of aromatic nitrogens is 2. The molecule has 2 aliphatic heterocycles. The Balaban J connectivity index is 1.68. The molecule has 1 aromatic carbocycles. The summed E-state index contributed by atoms with van der Waals surface area (Å²) in [7, 11) is 2.19. The van der Waals surface area contributed by atoms with Crippen molar-refractivity contribution in [3.8, 4) is 0 Å². The standard InChI is InChI=1S/C18H22IN3O/c1-21-9-7-14(8-10-21)23-17-15-5-3-2-4-13(15)6-11-22-16(19)12-20-18(17)22/h2-5,12,14,17H,6-11H2,1H3. The summed E-state index contributed by atoms with van der Waals surface area (Å²) in [6.07, 6.45) is 5.51. The minimum absolute atomic E-state index is 0.0365. The van der Waals surface area contributed by atoms with Crippen molar-refractivity contribution in [2.75, 3.05) is 20.1 Å². The number of imidazole rings is 1. The molecule has 1 fully saturated rings. The van der Waals surface area contributed by atoms with Gasteiger partial charge in [0.15, 0.2) is 0 Å². The fraction of sp³-hybridized carbons (Fsp3) is 0.500. The molecule has 0 N–H and O–H groups in total. The zero-order chi connectivity index (χ0) is 15.8. The summed E-state index contributed by atoms with van der Waals surface area (Å²) in [5.41, 5.74) is 2.69. The second-order valence-corrected chi connectivity index (χ2v) is 7.66. The third-order valence-electron chi connectivity index (χ3n) is 5.01. The molecule has 23 heavy (non-hydrogen) atoms. The van der Waals surface area contributed by atoms with Gasteiger partial charge < -0.3 is 14.2 Å². The van der Waals surface area contributed by atoms with Crippen LogP contribution in [0.5, 0.6) is 0 Å². The highest BCUT2D eigenvalue weighted by atomic mass is 127. The third-order valence-corrected chi connectivity index (χ3v) is 5.87. The molecule has 4 rings (SSSR count). The van der Waals surface area contributed by atoms with E-state index in [0.717, 1.165) is 44.7 Å².